The first-order valence-corrected chi connectivity index (χ1v) is 10.4. The van der Waals surface area contributed by atoms with E-state index in [1.807, 2.05) is 6.08 Å². The van der Waals surface area contributed by atoms with Gasteiger partial charge in [0.15, 0.2) is 5.78 Å². The molecular formula is C23H30O2. The van der Waals surface area contributed by atoms with Gasteiger partial charge in [-0.3, -0.25) is 9.59 Å². The predicted molar refractivity (Wildman–Crippen MR) is 97.9 cm³/mol. The van der Waals surface area contributed by atoms with E-state index in [0.717, 1.165) is 38.0 Å². The van der Waals surface area contributed by atoms with Crippen molar-refractivity contribution >= 4 is 11.6 Å². The van der Waals surface area contributed by atoms with E-state index in [2.05, 4.69) is 19.9 Å². The Hall–Kier alpha value is -1.18. The highest BCUT2D eigenvalue weighted by Crippen LogP contribution is 2.71. The lowest BCUT2D eigenvalue weighted by molar-refractivity contribution is -0.137. The van der Waals surface area contributed by atoms with E-state index in [-0.39, 0.29) is 22.0 Å². The lowest BCUT2D eigenvalue weighted by Crippen LogP contribution is -2.52. The van der Waals surface area contributed by atoms with Crippen molar-refractivity contribution in [2.24, 2.45) is 34.0 Å². The summed E-state index contributed by atoms with van der Waals surface area (Å²) in [7, 11) is 0. The summed E-state index contributed by atoms with van der Waals surface area (Å²) in [6.07, 6.45) is 16.1. The fourth-order valence-electron chi connectivity index (χ4n) is 8.13. The van der Waals surface area contributed by atoms with E-state index in [0.29, 0.717) is 17.6 Å². The average molecular weight is 338 g/mol. The molecule has 2 unspecified atom stereocenters. The largest absolute Gasteiger partial charge is 0.299 e. The summed E-state index contributed by atoms with van der Waals surface area (Å²) in [5.74, 6) is 2.84. The van der Waals surface area contributed by atoms with Gasteiger partial charge >= 0.3 is 0 Å². The minimum absolute atomic E-state index is 0.0119. The summed E-state index contributed by atoms with van der Waals surface area (Å²) in [5, 5.41) is 0. The summed E-state index contributed by atoms with van der Waals surface area (Å²) >= 11 is 0. The third-order valence-electron chi connectivity index (χ3n) is 9.46. The average Bonchev–Trinajstić information content (AvgIpc) is 3.10. The Labute approximate surface area is 151 Å². The van der Waals surface area contributed by atoms with Crippen LogP contribution in [0.4, 0.5) is 0 Å². The molecule has 0 heterocycles. The van der Waals surface area contributed by atoms with Crippen LogP contribution in [0, 0.1) is 34.0 Å². The molecule has 2 heteroatoms. The maximum Gasteiger partial charge on any atom is 0.178 e. The Balaban J connectivity index is 1.52. The zero-order valence-corrected chi connectivity index (χ0v) is 15.6. The number of ketones is 2. The number of hydrogen-bond donors (Lipinski definition) is 0. The van der Waals surface area contributed by atoms with Crippen LogP contribution in [-0.4, -0.2) is 11.6 Å². The zero-order valence-electron chi connectivity index (χ0n) is 15.6. The van der Waals surface area contributed by atoms with Crippen LogP contribution in [0.1, 0.15) is 71.6 Å². The highest BCUT2D eigenvalue weighted by molar-refractivity contribution is 6.01. The first-order chi connectivity index (χ1) is 11.9. The van der Waals surface area contributed by atoms with Crippen molar-refractivity contribution < 1.29 is 9.59 Å². The molecular weight excluding hydrogens is 308 g/mol. The molecule has 4 fully saturated rings. The molecule has 0 radical (unpaired) electrons. The SMILES string of the molecule is C[C@@]12C=CC(=O)C=C1CCC1C3CC[C@@]4(CCCC4=O)[C@]3(C)CC[C@@H]12. The first kappa shape index (κ1) is 16.0. The fourth-order valence-corrected chi connectivity index (χ4v) is 8.13. The van der Waals surface area contributed by atoms with Gasteiger partial charge in [-0.05, 0) is 86.7 Å². The monoisotopic (exact) mass is 338 g/mol. The van der Waals surface area contributed by atoms with Crippen LogP contribution in [0.3, 0.4) is 0 Å². The first-order valence-electron chi connectivity index (χ1n) is 10.4. The Bertz CT molecular complexity index is 716. The lowest BCUT2D eigenvalue weighted by atomic mass is 9.45. The zero-order chi connectivity index (χ0) is 17.4. The highest BCUT2D eigenvalue weighted by atomic mass is 16.1. The molecule has 0 aromatic rings. The smallest absolute Gasteiger partial charge is 0.178 e. The number of rotatable bonds is 0. The Morgan fingerprint density at radius 2 is 1.76 bits per heavy atom. The normalized spacial score (nSPS) is 51.3. The highest BCUT2D eigenvalue weighted by Gasteiger charge is 2.66. The van der Waals surface area contributed by atoms with Crippen molar-refractivity contribution in [3.8, 4) is 0 Å². The van der Waals surface area contributed by atoms with Crippen LogP contribution >= 0.6 is 0 Å². The summed E-state index contributed by atoms with van der Waals surface area (Å²) < 4.78 is 0. The van der Waals surface area contributed by atoms with Crippen LogP contribution in [0.5, 0.6) is 0 Å². The molecule has 0 aromatic heterocycles. The molecule has 0 aromatic carbocycles. The molecule has 0 aliphatic heterocycles. The summed E-state index contributed by atoms with van der Waals surface area (Å²) in [6.45, 7) is 4.84. The van der Waals surface area contributed by atoms with Crippen LogP contribution in [0.25, 0.3) is 0 Å². The van der Waals surface area contributed by atoms with Crippen molar-refractivity contribution in [3.05, 3.63) is 23.8 Å². The van der Waals surface area contributed by atoms with E-state index >= 15 is 0 Å². The molecule has 1 spiro atoms. The molecule has 2 nitrogen and oxygen atoms in total. The van der Waals surface area contributed by atoms with Gasteiger partial charge in [0.25, 0.3) is 0 Å². The standard InChI is InChI=1S/C23H30O2/c1-21-11-7-16(24)14-15(21)5-6-17-18(21)8-12-22(2)19(17)9-13-23(22)10-3-4-20(23)25/h7,11,14,17-19H,3-6,8-10,12-13H2,1-2H3/t17?,18-,19?,21+,22+,23+/m0/s1. The Kier molecular flexibility index (Phi) is 3.18. The molecule has 0 saturated heterocycles. The molecule has 6 atom stereocenters. The number of allylic oxidation sites excluding steroid dienone is 4. The second kappa shape index (κ2) is 4.96. The van der Waals surface area contributed by atoms with Crippen LogP contribution in [0.15, 0.2) is 23.8 Å². The van der Waals surface area contributed by atoms with E-state index in [1.54, 1.807) is 6.08 Å². The van der Waals surface area contributed by atoms with Gasteiger partial charge in [-0.15, -0.1) is 0 Å². The number of Topliss-reactive ketones (excluding diaryl/α,β-unsaturated/α-hetero) is 1. The van der Waals surface area contributed by atoms with Gasteiger partial charge in [-0.2, -0.15) is 0 Å². The maximum atomic E-state index is 12.9. The number of carbonyl (C=O) groups excluding carboxylic acids is 2. The third kappa shape index (κ3) is 1.82. The summed E-state index contributed by atoms with van der Waals surface area (Å²) in [4.78, 5) is 24.7. The van der Waals surface area contributed by atoms with Gasteiger partial charge < -0.3 is 0 Å². The quantitative estimate of drug-likeness (QED) is 0.620. The van der Waals surface area contributed by atoms with Crippen molar-refractivity contribution in [1.29, 1.82) is 0 Å². The van der Waals surface area contributed by atoms with Crippen LogP contribution < -0.4 is 0 Å². The van der Waals surface area contributed by atoms with E-state index in [4.69, 9.17) is 0 Å². The number of fused-ring (bicyclic) bond motifs is 6. The minimum Gasteiger partial charge on any atom is -0.299 e. The van der Waals surface area contributed by atoms with Gasteiger partial charge in [0.2, 0.25) is 0 Å². The second-order valence-corrected chi connectivity index (χ2v) is 9.96. The molecule has 134 valence electrons. The molecule has 5 rings (SSSR count). The Morgan fingerprint density at radius 3 is 2.52 bits per heavy atom. The van der Waals surface area contributed by atoms with E-state index in [9.17, 15) is 9.59 Å². The van der Waals surface area contributed by atoms with E-state index < -0.39 is 0 Å². The number of hydrogen-bond acceptors (Lipinski definition) is 2. The number of carbonyl (C=O) groups is 2. The molecule has 25 heavy (non-hydrogen) atoms. The van der Waals surface area contributed by atoms with Gasteiger partial charge in [-0.25, -0.2) is 0 Å². The van der Waals surface area contributed by atoms with Crippen molar-refractivity contribution in [1.82, 2.24) is 0 Å². The van der Waals surface area contributed by atoms with Crippen molar-refractivity contribution in [3.63, 3.8) is 0 Å². The topological polar surface area (TPSA) is 34.1 Å². The molecule has 0 N–H and O–H groups in total. The molecule has 0 amide bonds. The Morgan fingerprint density at radius 1 is 0.960 bits per heavy atom. The predicted octanol–water partition coefficient (Wildman–Crippen LogP) is 5.03. The summed E-state index contributed by atoms with van der Waals surface area (Å²) in [6, 6.07) is 0. The fraction of sp³-hybridized carbons (Fsp3) is 0.739. The lowest BCUT2D eigenvalue weighted by Gasteiger charge is -2.58. The molecule has 4 saturated carbocycles. The van der Waals surface area contributed by atoms with Gasteiger partial charge in [-0.1, -0.05) is 25.5 Å². The van der Waals surface area contributed by atoms with Crippen molar-refractivity contribution in [2.75, 3.05) is 0 Å². The molecule has 5 aliphatic carbocycles. The van der Waals surface area contributed by atoms with Crippen molar-refractivity contribution in [2.45, 2.75) is 71.6 Å². The molecule has 0 bridgehead atoms. The maximum absolute atomic E-state index is 12.9. The van der Waals surface area contributed by atoms with Crippen LogP contribution in [-0.2, 0) is 9.59 Å². The minimum atomic E-state index is 0.0119. The third-order valence-corrected chi connectivity index (χ3v) is 9.46. The van der Waals surface area contributed by atoms with Crippen LogP contribution in [0.2, 0.25) is 0 Å². The second-order valence-electron chi connectivity index (χ2n) is 9.96. The van der Waals surface area contributed by atoms with Gasteiger partial charge in [0.1, 0.15) is 5.78 Å². The van der Waals surface area contributed by atoms with Gasteiger partial charge in [0.05, 0.1) is 0 Å². The van der Waals surface area contributed by atoms with Gasteiger partial charge in [0, 0.05) is 17.3 Å². The van der Waals surface area contributed by atoms with E-state index in [1.165, 1.54) is 31.3 Å². The summed E-state index contributed by atoms with van der Waals surface area (Å²) in [5.41, 5.74) is 1.69. The molecule has 5 aliphatic rings.